The normalized spacial score (nSPS) is 12.0. The Morgan fingerprint density at radius 1 is 1.43 bits per heavy atom. The Kier molecular flexibility index (Phi) is 5.05. The molecule has 0 aliphatic heterocycles. The zero-order chi connectivity index (χ0) is 15.3. The van der Waals surface area contributed by atoms with Crippen LogP contribution in [0, 0.1) is 0 Å². The first kappa shape index (κ1) is 15.6. The summed E-state index contributed by atoms with van der Waals surface area (Å²) in [6.45, 7) is 1.04. The van der Waals surface area contributed by atoms with Crippen LogP contribution in [0.2, 0.25) is 0 Å². The van der Waals surface area contributed by atoms with Crippen LogP contribution in [0.15, 0.2) is 42.1 Å². The first-order valence-corrected chi connectivity index (χ1v) is 8.05. The van der Waals surface area contributed by atoms with Gasteiger partial charge >= 0.3 is 0 Å². The minimum absolute atomic E-state index is 0.0471. The number of nitrogens with zero attached hydrogens (tertiary/aromatic N) is 4. The Morgan fingerprint density at radius 2 is 2.24 bits per heavy atom. The first-order chi connectivity index (χ1) is 10.0. The van der Waals surface area contributed by atoms with Crippen LogP contribution in [0.25, 0.3) is 0 Å². The minimum atomic E-state index is -3.63. The van der Waals surface area contributed by atoms with E-state index in [2.05, 4.69) is 9.97 Å². The molecule has 0 aromatic carbocycles. The molecule has 0 aliphatic carbocycles. The molecule has 0 atom stereocenters. The molecule has 2 aromatic heterocycles. The second kappa shape index (κ2) is 6.79. The van der Waals surface area contributed by atoms with E-state index >= 15 is 0 Å². The lowest BCUT2D eigenvalue weighted by Gasteiger charge is -2.20. The van der Waals surface area contributed by atoms with Crippen LogP contribution < -0.4 is 5.73 Å². The van der Waals surface area contributed by atoms with Gasteiger partial charge < -0.3 is 10.3 Å². The van der Waals surface area contributed by atoms with E-state index in [1.165, 1.54) is 16.8 Å². The topological polar surface area (TPSA) is 94.1 Å². The molecule has 7 nitrogen and oxygen atoms in total. The van der Waals surface area contributed by atoms with E-state index in [1.807, 2.05) is 6.07 Å². The second-order valence-corrected chi connectivity index (χ2v) is 6.60. The van der Waals surface area contributed by atoms with E-state index in [1.54, 1.807) is 30.1 Å². The molecule has 21 heavy (non-hydrogen) atoms. The zero-order valence-electron chi connectivity index (χ0n) is 11.9. The fraction of sp³-hybridized carbons (Fsp3) is 0.385. The van der Waals surface area contributed by atoms with Crippen molar-refractivity contribution < 1.29 is 8.42 Å². The molecule has 0 unspecified atom stereocenters. The number of aromatic nitrogens is 3. The van der Waals surface area contributed by atoms with Crippen LogP contribution in [0.4, 0.5) is 0 Å². The van der Waals surface area contributed by atoms with Gasteiger partial charge in [0.15, 0.2) is 5.03 Å². The highest BCUT2D eigenvalue weighted by Crippen LogP contribution is 2.16. The number of hydrogen-bond donors (Lipinski definition) is 1. The van der Waals surface area contributed by atoms with Crippen molar-refractivity contribution in [3.63, 3.8) is 0 Å². The van der Waals surface area contributed by atoms with Gasteiger partial charge in [0.2, 0.25) is 0 Å². The van der Waals surface area contributed by atoms with Crippen LogP contribution in [0.3, 0.4) is 0 Å². The SMILES string of the molecule is Cn1cnc(S(=O)(=O)N(CCCN)Cc2cccnc2)c1. The fourth-order valence-electron chi connectivity index (χ4n) is 1.90. The summed E-state index contributed by atoms with van der Waals surface area (Å²) in [6, 6.07) is 3.63. The van der Waals surface area contributed by atoms with Gasteiger partial charge in [0, 0.05) is 38.7 Å². The maximum absolute atomic E-state index is 12.6. The summed E-state index contributed by atoms with van der Waals surface area (Å²) < 4.78 is 28.3. The van der Waals surface area contributed by atoms with Gasteiger partial charge in [-0.25, -0.2) is 13.4 Å². The highest BCUT2D eigenvalue weighted by Gasteiger charge is 2.26. The fourth-order valence-corrected chi connectivity index (χ4v) is 3.33. The predicted octanol–water partition coefficient (Wildman–Crippen LogP) is 0.355. The van der Waals surface area contributed by atoms with Crippen LogP contribution in [0.5, 0.6) is 0 Å². The molecular weight excluding hydrogens is 290 g/mol. The lowest BCUT2D eigenvalue weighted by Crippen LogP contribution is -2.33. The lowest BCUT2D eigenvalue weighted by molar-refractivity contribution is 0.399. The summed E-state index contributed by atoms with van der Waals surface area (Å²) in [5, 5.41) is 0.0471. The third kappa shape index (κ3) is 3.87. The van der Waals surface area contributed by atoms with Gasteiger partial charge in [0.05, 0.1) is 6.33 Å². The average molecular weight is 309 g/mol. The molecule has 2 aromatic rings. The van der Waals surface area contributed by atoms with E-state index in [0.717, 1.165) is 5.56 Å². The Morgan fingerprint density at radius 3 is 2.81 bits per heavy atom. The smallest absolute Gasteiger partial charge is 0.262 e. The van der Waals surface area contributed by atoms with E-state index < -0.39 is 10.0 Å². The van der Waals surface area contributed by atoms with Crippen LogP contribution in [-0.2, 0) is 23.6 Å². The van der Waals surface area contributed by atoms with Crippen molar-refractivity contribution in [2.75, 3.05) is 13.1 Å². The molecule has 2 N–H and O–H groups in total. The first-order valence-electron chi connectivity index (χ1n) is 6.61. The number of nitrogens with two attached hydrogens (primary N) is 1. The average Bonchev–Trinajstić information content (AvgIpc) is 2.92. The van der Waals surface area contributed by atoms with Gasteiger partial charge in [-0.1, -0.05) is 6.07 Å². The van der Waals surface area contributed by atoms with Gasteiger partial charge in [0.1, 0.15) is 0 Å². The maximum atomic E-state index is 12.6. The van der Waals surface area contributed by atoms with Crippen LogP contribution >= 0.6 is 0 Å². The molecule has 0 spiro atoms. The number of aryl methyl sites for hydroxylation is 1. The lowest BCUT2D eigenvalue weighted by atomic mass is 10.3. The standard InChI is InChI=1S/C13H19N5O2S/c1-17-10-13(16-11-17)21(19,20)18(7-3-5-14)9-12-4-2-6-15-8-12/h2,4,6,8,10-11H,3,5,7,9,14H2,1H3. The summed E-state index contributed by atoms with van der Waals surface area (Å²) in [6.07, 6.45) is 6.86. The highest BCUT2D eigenvalue weighted by atomic mass is 32.2. The van der Waals surface area contributed by atoms with Gasteiger partial charge in [-0.05, 0) is 24.6 Å². The molecule has 0 saturated carbocycles. The van der Waals surface area contributed by atoms with Crippen molar-refractivity contribution in [1.82, 2.24) is 18.8 Å². The molecule has 8 heteroatoms. The molecular formula is C13H19N5O2S. The summed E-state index contributed by atoms with van der Waals surface area (Å²) in [4.78, 5) is 7.96. The Labute approximate surface area is 124 Å². The van der Waals surface area contributed by atoms with E-state index in [4.69, 9.17) is 5.73 Å². The molecule has 2 heterocycles. The van der Waals surface area contributed by atoms with Crippen molar-refractivity contribution >= 4 is 10.0 Å². The number of hydrogen-bond acceptors (Lipinski definition) is 5. The molecule has 0 radical (unpaired) electrons. The van der Waals surface area contributed by atoms with Crippen LogP contribution in [-0.4, -0.2) is 40.3 Å². The summed E-state index contributed by atoms with van der Waals surface area (Å²) >= 11 is 0. The van der Waals surface area contributed by atoms with Gasteiger partial charge in [-0.15, -0.1) is 0 Å². The highest BCUT2D eigenvalue weighted by molar-refractivity contribution is 7.89. The molecule has 0 fully saturated rings. The molecule has 2 rings (SSSR count). The second-order valence-electron chi connectivity index (χ2n) is 4.72. The molecule has 0 bridgehead atoms. The Hall–Kier alpha value is -1.77. The Balaban J connectivity index is 2.26. The quantitative estimate of drug-likeness (QED) is 0.796. The molecule has 0 saturated heterocycles. The zero-order valence-corrected chi connectivity index (χ0v) is 12.7. The molecule has 114 valence electrons. The van der Waals surface area contributed by atoms with Crippen molar-refractivity contribution in [3.8, 4) is 0 Å². The number of rotatable bonds is 7. The van der Waals surface area contributed by atoms with E-state index in [-0.39, 0.29) is 11.6 Å². The molecule has 0 amide bonds. The summed E-state index contributed by atoms with van der Waals surface area (Å²) in [5.41, 5.74) is 6.33. The van der Waals surface area contributed by atoms with Crippen LogP contribution in [0.1, 0.15) is 12.0 Å². The Bertz CT molecular complexity index is 669. The summed E-state index contributed by atoms with van der Waals surface area (Å²) in [5.74, 6) is 0. The van der Waals surface area contributed by atoms with Gasteiger partial charge in [-0.2, -0.15) is 4.31 Å². The minimum Gasteiger partial charge on any atom is -0.339 e. The van der Waals surface area contributed by atoms with E-state index in [9.17, 15) is 8.42 Å². The monoisotopic (exact) mass is 309 g/mol. The third-order valence-electron chi connectivity index (χ3n) is 2.98. The van der Waals surface area contributed by atoms with Gasteiger partial charge in [0.25, 0.3) is 10.0 Å². The predicted molar refractivity (Wildman–Crippen MR) is 78.7 cm³/mol. The van der Waals surface area contributed by atoms with Crippen molar-refractivity contribution in [2.45, 2.75) is 18.0 Å². The largest absolute Gasteiger partial charge is 0.339 e. The van der Waals surface area contributed by atoms with Crippen molar-refractivity contribution in [3.05, 3.63) is 42.6 Å². The summed E-state index contributed by atoms with van der Waals surface area (Å²) in [7, 11) is -1.90. The van der Waals surface area contributed by atoms with Gasteiger partial charge in [-0.3, -0.25) is 4.98 Å². The number of imidazole rings is 1. The van der Waals surface area contributed by atoms with E-state index in [0.29, 0.717) is 19.5 Å². The maximum Gasteiger partial charge on any atom is 0.262 e. The van der Waals surface area contributed by atoms with Crippen molar-refractivity contribution in [1.29, 1.82) is 0 Å². The number of sulfonamides is 1. The third-order valence-corrected chi connectivity index (χ3v) is 4.71. The number of pyridine rings is 1. The van der Waals surface area contributed by atoms with Crippen molar-refractivity contribution in [2.24, 2.45) is 12.8 Å². The molecule has 0 aliphatic rings.